The molecule has 276 valence electrons. The molecule has 57 heavy (non-hydrogen) atoms. The largest absolute Gasteiger partial charge is 0.308 e. The van der Waals surface area contributed by atoms with Crippen molar-refractivity contribution in [2.45, 2.75) is 5.41 Å². The summed E-state index contributed by atoms with van der Waals surface area (Å²) in [6.07, 6.45) is 0. The maximum Gasteiger partial charge on any atom is 0.176 e. The van der Waals surface area contributed by atoms with Gasteiger partial charge in [0.25, 0.3) is 0 Å². The van der Waals surface area contributed by atoms with Gasteiger partial charge in [-0.05, 0) is 105 Å². The minimum absolute atomic E-state index is 0.121. The van der Waals surface area contributed by atoms with E-state index < -0.39 is 43.0 Å². The van der Waals surface area contributed by atoms with E-state index in [-0.39, 0.29) is 31.8 Å². The third kappa shape index (κ3) is 4.84. The summed E-state index contributed by atoms with van der Waals surface area (Å²) in [7, 11) is -8.42. The lowest BCUT2D eigenvalue weighted by atomic mass is 9.70. The highest BCUT2D eigenvalue weighted by molar-refractivity contribution is 7.85. The number of hydrogen-bond donors (Lipinski definition) is 0. The lowest BCUT2D eigenvalue weighted by molar-refractivity contribution is 0.584. The fourth-order valence-electron chi connectivity index (χ4n) is 9.15. The van der Waals surface area contributed by atoms with E-state index in [0.717, 1.165) is 33.4 Å². The third-order valence-corrected chi connectivity index (χ3v) is 17.7. The van der Waals surface area contributed by atoms with Crippen LogP contribution in [0.4, 0.5) is 17.6 Å². The van der Waals surface area contributed by atoms with Crippen molar-refractivity contribution in [3.05, 3.63) is 228 Å². The lowest BCUT2D eigenvalue weighted by Crippen LogP contribution is -2.32. The summed E-state index contributed by atoms with van der Waals surface area (Å²) in [5, 5.41) is -0.0208. The van der Waals surface area contributed by atoms with Gasteiger partial charge in [-0.15, -0.1) is 0 Å². The van der Waals surface area contributed by atoms with Crippen LogP contribution in [0.25, 0.3) is 22.3 Å². The van der Waals surface area contributed by atoms with Crippen molar-refractivity contribution in [2.75, 3.05) is 0 Å². The molecule has 8 aromatic rings. The first kappa shape index (κ1) is 35.4. The Labute approximate surface area is 326 Å². The monoisotopic (exact) mass is 788 g/mol. The SMILES string of the molecule is O=P(c1ccc2c(c1)C1(c3ccccc3-2)c2ccccc2-c2ccc(P(=O)(c3ccccc3F)c3ccccc3F)cc21)(c1ccccc1F)c1ccccc1F. The van der Waals surface area contributed by atoms with Crippen LogP contribution in [0.2, 0.25) is 0 Å². The zero-order chi connectivity index (χ0) is 39.1. The Kier molecular flexibility index (Phi) is 8.06. The van der Waals surface area contributed by atoms with Gasteiger partial charge in [0.15, 0.2) is 14.3 Å². The first-order chi connectivity index (χ1) is 27.7. The van der Waals surface area contributed by atoms with Crippen molar-refractivity contribution >= 4 is 46.1 Å². The first-order valence-electron chi connectivity index (χ1n) is 18.4. The second-order valence-electron chi connectivity index (χ2n) is 14.3. The fourth-order valence-corrected chi connectivity index (χ4v) is 14.7. The van der Waals surface area contributed by atoms with Gasteiger partial charge < -0.3 is 9.13 Å². The van der Waals surface area contributed by atoms with Gasteiger partial charge in [0, 0.05) is 10.6 Å². The first-order valence-corrected chi connectivity index (χ1v) is 21.8. The average Bonchev–Trinajstić information content (AvgIpc) is 3.70. The molecule has 8 heteroatoms. The van der Waals surface area contributed by atoms with Gasteiger partial charge in [0.1, 0.15) is 23.3 Å². The molecule has 0 saturated carbocycles. The van der Waals surface area contributed by atoms with E-state index in [1.54, 1.807) is 48.5 Å². The summed E-state index contributed by atoms with van der Waals surface area (Å²) >= 11 is 0. The van der Waals surface area contributed by atoms with E-state index >= 15 is 26.7 Å². The topological polar surface area (TPSA) is 34.1 Å². The quantitative estimate of drug-likeness (QED) is 0.124. The standard InChI is InChI=1S/C49H30F4O2P2/c50-41-17-5-9-21-45(41)56(54,46-22-10-6-18-42(46)51)31-25-27-35-33-13-1-3-15-37(33)49(39(35)29-31)38-16-4-2-14-34(38)36-28-26-32(30-40(36)49)57(55,47-23-11-7-19-43(47)52)48-24-12-8-20-44(48)53/h1-30H. The van der Waals surface area contributed by atoms with Gasteiger partial charge >= 0.3 is 0 Å². The fraction of sp³-hybridized carbons (Fsp3) is 0.0204. The Bertz CT molecular complexity index is 2760. The Balaban J connectivity index is 1.31. The molecule has 0 amide bonds. The molecule has 0 aliphatic heterocycles. The van der Waals surface area contributed by atoms with Crippen LogP contribution in [-0.4, -0.2) is 0 Å². The highest BCUT2D eigenvalue weighted by Crippen LogP contribution is 2.63. The molecule has 0 radical (unpaired) electrons. The molecule has 2 aliphatic rings. The van der Waals surface area contributed by atoms with Gasteiger partial charge in [0.2, 0.25) is 0 Å². The van der Waals surface area contributed by atoms with Crippen LogP contribution in [0.5, 0.6) is 0 Å². The van der Waals surface area contributed by atoms with E-state index in [4.69, 9.17) is 0 Å². The average molecular weight is 789 g/mol. The molecular weight excluding hydrogens is 758 g/mol. The maximum absolute atomic E-state index is 15.9. The molecule has 8 aromatic carbocycles. The molecule has 0 saturated heterocycles. The second kappa shape index (κ2) is 13.0. The van der Waals surface area contributed by atoms with Gasteiger partial charge in [0.05, 0.1) is 26.6 Å². The summed E-state index contributed by atoms with van der Waals surface area (Å²) < 4.78 is 95.1. The minimum Gasteiger partial charge on any atom is -0.308 e. The molecule has 0 unspecified atom stereocenters. The van der Waals surface area contributed by atoms with Crippen LogP contribution in [0, 0.1) is 23.3 Å². The molecule has 0 N–H and O–H groups in total. The van der Waals surface area contributed by atoms with E-state index in [1.165, 1.54) is 72.8 Å². The number of benzene rings is 8. The van der Waals surface area contributed by atoms with E-state index in [2.05, 4.69) is 0 Å². The van der Waals surface area contributed by atoms with Gasteiger partial charge in [-0.25, -0.2) is 17.6 Å². The lowest BCUT2D eigenvalue weighted by Gasteiger charge is -2.32. The predicted octanol–water partition coefficient (Wildman–Crippen LogP) is 9.87. The normalized spacial score (nSPS) is 13.5. The highest BCUT2D eigenvalue weighted by Gasteiger charge is 2.53. The molecule has 10 rings (SSSR count). The van der Waals surface area contributed by atoms with Crippen molar-refractivity contribution < 1.29 is 26.7 Å². The Morgan fingerprint density at radius 2 is 0.596 bits per heavy atom. The molecular formula is C49H30F4O2P2. The van der Waals surface area contributed by atoms with E-state index in [1.807, 2.05) is 60.7 Å². The summed E-state index contributed by atoms with van der Waals surface area (Å²) in [6, 6.07) is 49.5. The zero-order valence-electron chi connectivity index (χ0n) is 30.0. The van der Waals surface area contributed by atoms with E-state index in [0.29, 0.717) is 11.1 Å². The molecule has 0 bridgehead atoms. The van der Waals surface area contributed by atoms with Gasteiger partial charge in [-0.2, -0.15) is 0 Å². The van der Waals surface area contributed by atoms with Crippen molar-refractivity contribution in [1.82, 2.24) is 0 Å². The molecule has 2 nitrogen and oxygen atoms in total. The summed E-state index contributed by atoms with van der Waals surface area (Å²) in [6.45, 7) is 0. The molecule has 0 heterocycles. The van der Waals surface area contributed by atoms with Crippen LogP contribution in [0.15, 0.2) is 182 Å². The summed E-state index contributed by atoms with van der Waals surface area (Å²) in [5.41, 5.74) is 5.51. The van der Waals surface area contributed by atoms with Gasteiger partial charge in [-0.3, -0.25) is 0 Å². The van der Waals surface area contributed by atoms with Gasteiger partial charge in [-0.1, -0.05) is 121 Å². The number of halogens is 4. The predicted molar refractivity (Wildman–Crippen MR) is 221 cm³/mol. The van der Waals surface area contributed by atoms with Crippen molar-refractivity contribution in [3.63, 3.8) is 0 Å². The molecule has 0 atom stereocenters. The van der Waals surface area contributed by atoms with Crippen molar-refractivity contribution in [3.8, 4) is 22.3 Å². The Morgan fingerprint density at radius 3 is 0.930 bits per heavy atom. The van der Waals surface area contributed by atoms with Crippen LogP contribution >= 0.6 is 14.3 Å². The van der Waals surface area contributed by atoms with E-state index in [9.17, 15) is 0 Å². The smallest absolute Gasteiger partial charge is 0.176 e. The van der Waals surface area contributed by atoms with Crippen molar-refractivity contribution in [2.24, 2.45) is 0 Å². The molecule has 2 aliphatic carbocycles. The van der Waals surface area contributed by atoms with Crippen LogP contribution < -0.4 is 31.8 Å². The molecule has 1 spiro atoms. The zero-order valence-corrected chi connectivity index (χ0v) is 31.8. The summed E-state index contributed by atoms with van der Waals surface area (Å²) in [4.78, 5) is 0. The Morgan fingerprint density at radius 1 is 0.316 bits per heavy atom. The number of fused-ring (bicyclic) bond motifs is 10. The second-order valence-corrected chi connectivity index (χ2v) is 19.7. The maximum atomic E-state index is 15.9. The minimum atomic E-state index is -4.21. The van der Waals surface area contributed by atoms with Crippen LogP contribution in [0.3, 0.4) is 0 Å². The van der Waals surface area contributed by atoms with Crippen LogP contribution in [0.1, 0.15) is 22.3 Å². The van der Waals surface area contributed by atoms with Crippen molar-refractivity contribution in [1.29, 1.82) is 0 Å². The molecule has 0 aromatic heterocycles. The number of rotatable bonds is 6. The van der Waals surface area contributed by atoms with Crippen LogP contribution in [-0.2, 0) is 14.5 Å². The number of hydrogen-bond acceptors (Lipinski definition) is 2. The highest BCUT2D eigenvalue weighted by atomic mass is 31.2. The summed E-state index contributed by atoms with van der Waals surface area (Å²) in [5.74, 6) is -2.89. The Hall–Kier alpha value is -6.06. The molecule has 0 fully saturated rings. The third-order valence-electron chi connectivity index (χ3n) is 11.6.